The van der Waals surface area contributed by atoms with Crippen LogP contribution >= 0.6 is 15.9 Å². The highest BCUT2D eigenvalue weighted by molar-refractivity contribution is 9.10. The average Bonchev–Trinajstić information content (AvgIpc) is 2.50. The first kappa shape index (κ1) is 15.9. The number of rotatable bonds is 7. The minimum absolute atomic E-state index is 0.494. The summed E-state index contributed by atoms with van der Waals surface area (Å²) in [4.78, 5) is 0. The smallest absolute Gasteiger partial charge is 0.156 e. The van der Waals surface area contributed by atoms with Gasteiger partial charge in [0.05, 0.1) is 16.8 Å². The maximum Gasteiger partial charge on any atom is 0.156 e. The lowest BCUT2D eigenvalue weighted by Gasteiger charge is -2.13. The quantitative estimate of drug-likeness (QED) is 0.591. The summed E-state index contributed by atoms with van der Waals surface area (Å²) < 4.78 is 12.0. The number of anilines is 1. The zero-order valence-corrected chi connectivity index (χ0v) is 13.7. The largest absolute Gasteiger partial charge is 0.488 e. The molecule has 4 heteroatoms. The second kappa shape index (κ2) is 8.05. The van der Waals surface area contributed by atoms with Gasteiger partial charge in [-0.2, -0.15) is 0 Å². The zero-order chi connectivity index (χ0) is 15.1. The first-order valence-corrected chi connectivity index (χ1v) is 7.86. The topological polar surface area (TPSA) is 44.5 Å². The molecule has 0 atom stereocenters. The highest BCUT2D eigenvalue weighted by Crippen LogP contribution is 2.36. The number of benzene rings is 2. The van der Waals surface area contributed by atoms with Crippen molar-refractivity contribution in [1.82, 2.24) is 0 Å². The number of hydrogen-bond acceptors (Lipinski definition) is 3. The Labute approximate surface area is 134 Å². The van der Waals surface area contributed by atoms with E-state index < -0.39 is 0 Å². The average molecular weight is 350 g/mol. The summed E-state index contributed by atoms with van der Waals surface area (Å²) in [6.45, 7) is 3.90. The van der Waals surface area contributed by atoms with Crippen LogP contribution in [0.1, 0.15) is 13.3 Å². The second-order valence-electron chi connectivity index (χ2n) is 4.70. The first-order chi connectivity index (χ1) is 10.2. The lowest BCUT2D eigenvalue weighted by Crippen LogP contribution is -2.08. The van der Waals surface area contributed by atoms with Gasteiger partial charge in [0.2, 0.25) is 0 Å². The summed E-state index contributed by atoms with van der Waals surface area (Å²) in [5.74, 6) is 0.676. The van der Waals surface area contributed by atoms with Crippen molar-refractivity contribution < 1.29 is 9.47 Å². The molecule has 2 rings (SSSR count). The molecule has 112 valence electrons. The van der Waals surface area contributed by atoms with Crippen molar-refractivity contribution in [1.29, 1.82) is 0 Å². The van der Waals surface area contributed by atoms with Gasteiger partial charge in [0, 0.05) is 6.61 Å². The summed E-state index contributed by atoms with van der Waals surface area (Å²) >= 11 is 3.53. The van der Waals surface area contributed by atoms with Crippen molar-refractivity contribution >= 4 is 21.6 Å². The van der Waals surface area contributed by atoms with Crippen LogP contribution in [0.25, 0.3) is 11.1 Å². The fourth-order valence-corrected chi connectivity index (χ4v) is 2.60. The predicted molar refractivity (Wildman–Crippen MR) is 90.6 cm³/mol. The third-order valence-electron chi connectivity index (χ3n) is 3.00. The van der Waals surface area contributed by atoms with Gasteiger partial charge in [-0.3, -0.25) is 0 Å². The van der Waals surface area contributed by atoms with Crippen molar-refractivity contribution in [2.24, 2.45) is 0 Å². The molecule has 2 N–H and O–H groups in total. The van der Waals surface area contributed by atoms with Crippen molar-refractivity contribution in [3.63, 3.8) is 0 Å². The van der Waals surface area contributed by atoms with Gasteiger partial charge in [0.1, 0.15) is 6.61 Å². The number of nitrogen functional groups attached to an aromatic ring is 1. The molecule has 2 aromatic rings. The molecular weight excluding hydrogens is 330 g/mol. The molecule has 0 aliphatic carbocycles. The van der Waals surface area contributed by atoms with Gasteiger partial charge in [0.15, 0.2) is 5.75 Å². The summed E-state index contributed by atoms with van der Waals surface area (Å²) in [5.41, 5.74) is 8.92. The highest BCUT2D eigenvalue weighted by Gasteiger charge is 2.09. The highest BCUT2D eigenvalue weighted by atomic mass is 79.9. The van der Waals surface area contributed by atoms with Crippen LogP contribution in [0.2, 0.25) is 0 Å². The Morgan fingerprint density at radius 1 is 1.00 bits per heavy atom. The van der Waals surface area contributed by atoms with E-state index in [0.717, 1.165) is 28.6 Å². The molecule has 0 spiro atoms. The van der Waals surface area contributed by atoms with E-state index in [1.807, 2.05) is 30.3 Å². The van der Waals surface area contributed by atoms with Crippen LogP contribution in [-0.2, 0) is 4.74 Å². The molecule has 0 heterocycles. The zero-order valence-electron chi connectivity index (χ0n) is 12.1. The summed E-state index contributed by atoms with van der Waals surface area (Å²) in [6, 6.07) is 14.1. The summed E-state index contributed by atoms with van der Waals surface area (Å²) in [7, 11) is 0. The van der Waals surface area contributed by atoms with Gasteiger partial charge in [-0.25, -0.2) is 0 Å². The molecule has 0 aromatic heterocycles. The van der Waals surface area contributed by atoms with E-state index in [9.17, 15) is 0 Å². The molecular formula is C17H20BrNO2. The standard InChI is InChI=1S/C17H20BrNO2/c1-2-8-20-9-10-21-17-15(18)11-14(12-16(17)19)13-6-4-3-5-7-13/h3-7,11-12H,2,8-10,19H2,1H3. The van der Waals surface area contributed by atoms with Crippen LogP contribution in [0.5, 0.6) is 5.75 Å². The van der Waals surface area contributed by atoms with Crippen LogP contribution in [0.3, 0.4) is 0 Å². The van der Waals surface area contributed by atoms with Gasteiger partial charge in [-0.05, 0) is 45.6 Å². The fourth-order valence-electron chi connectivity index (χ4n) is 2.01. The predicted octanol–water partition coefficient (Wildman–Crippen LogP) is 4.50. The summed E-state index contributed by atoms with van der Waals surface area (Å²) in [6.07, 6.45) is 1.01. The van der Waals surface area contributed by atoms with E-state index in [2.05, 4.69) is 35.0 Å². The van der Waals surface area contributed by atoms with E-state index in [4.69, 9.17) is 15.2 Å². The van der Waals surface area contributed by atoms with E-state index in [-0.39, 0.29) is 0 Å². The number of nitrogens with two attached hydrogens (primary N) is 1. The van der Waals surface area contributed by atoms with Crippen LogP contribution in [0, 0.1) is 0 Å². The monoisotopic (exact) mass is 349 g/mol. The Balaban J connectivity index is 2.07. The maximum absolute atomic E-state index is 6.10. The molecule has 0 aliphatic heterocycles. The number of halogens is 1. The van der Waals surface area contributed by atoms with Crippen molar-refractivity contribution in [3.8, 4) is 16.9 Å². The minimum atomic E-state index is 0.494. The third-order valence-corrected chi connectivity index (χ3v) is 3.59. The van der Waals surface area contributed by atoms with E-state index >= 15 is 0 Å². The second-order valence-corrected chi connectivity index (χ2v) is 5.56. The van der Waals surface area contributed by atoms with Crippen LogP contribution in [-0.4, -0.2) is 19.8 Å². The van der Waals surface area contributed by atoms with E-state index in [1.165, 1.54) is 0 Å². The SMILES string of the molecule is CCCOCCOc1c(N)cc(-c2ccccc2)cc1Br. The Kier molecular flexibility index (Phi) is 6.08. The number of hydrogen-bond donors (Lipinski definition) is 1. The Morgan fingerprint density at radius 3 is 2.43 bits per heavy atom. The number of ether oxygens (including phenoxy) is 2. The van der Waals surface area contributed by atoms with Crippen molar-refractivity contribution in [3.05, 3.63) is 46.9 Å². The van der Waals surface area contributed by atoms with Gasteiger partial charge < -0.3 is 15.2 Å². The third kappa shape index (κ3) is 4.48. The van der Waals surface area contributed by atoms with Crippen molar-refractivity contribution in [2.45, 2.75) is 13.3 Å². The van der Waals surface area contributed by atoms with Crippen LogP contribution < -0.4 is 10.5 Å². The molecule has 0 radical (unpaired) electrons. The van der Waals surface area contributed by atoms with Crippen LogP contribution in [0.15, 0.2) is 46.9 Å². The minimum Gasteiger partial charge on any atom is -0.488 e. The molecule has 0 saturated heterocycles. The molecule has 21 heavy (non-hydrogen) atoms. The Hall–Kier alpha value is -1.52. The molecule has 2 aromatic carbocycles. The summed E-state index contributed by atoms with van der Waals surface area (Å²) in [5, 5.41) is 0. The van der Waals surface area contributed by atoms with Crippen molar-refractivity contribution in [2.75, 3.05) is 25.6 Å². The molecule has 0 fully saturated rings. The van der Waals surface area contributed by atoms with Gasteiger partial charge in [0.25, 0.3) is 0 Å². The van der Waals surface area contributed by atoms with Crippen LogP contribution in [0.4, 0.5) is 5.69 Å². The maximum atomic E-state index is 6.10. The lowest BCUT2D eigenvalue weighted by molar-refractivity contribution is 0.101. The molecule has 0 aliphatic rings. The van der Waals surface area contributed by atoms with Gasteiger partial charge in [-0.1, -0.05) is 37.3 Å². The lowest BCUT2D eigenvalue weighted by atomic mass is 10.1. The van der Waals surface area contributed by atoms with Gasteiger partial charge in [-0.15, -0.1) is 0 Å². The van der Waals surface area contributed by atoms with E-state index in [1.54, 1.807) is 0 Å². The Morgan fingerprint density at radius 2 is 1.76 bits per heavy atom. The first-order valence-electron chi connectivity index (χ1n) is 7.07. The molecule has 0 bridgehead atoms. The normalized spacial score (nSPS) is 10.6. The molecule has 3 nitrogen and oxygen atoms in total. The fraction of sp³-hybridized carbons (Fsp3) is 0.294. The Bertz CT molecular complexity index is 549. The van der Waals surface area contributed by atoms with Gasteiger partial charge >= 0.3 is 0 Å². The van der Waals surface area contributed by atoms with E-state index in [0.29, 0.717) is 24.7 Å². The molecule has 0 unspecified atom stereocenters. The molecule has 0 amide bonds. The molecule has 0 saturated carbocycles.